The number of para-hydroxylation sites is 1. The number of anilines is 1. The van der Waals surface area contributed by atoms with E-state index < -0.39 is 6.10 Å². The van der Waals surface area contributed by atoms with Crippen LogP contribution in [0, 0.1) is 0 Å². The fraction of sp³-hybridized carbons (Fsp3) is 0.158. The predicted molar refractivity (Wildman–Crippen MR) is 95.5 cm³/mol. The summed E-state index contributed by atoms with van der Waals surface area (Å²) < 4.78 is 5.88. The Labute approximate surface area is 143 Å². The molecule has 0 fully saturated rings. The summed E-state index contributed by atoms with van der Waals surface area (Å²) in [6.45, 7) is 1.86. The van der Waals surface area contributed by atoms with Crippen molar-refractivity contribution in [1.29, 1.82) is 0 Å². The number of hydrogen-bond donors (Lipinski definition) is 3. The van der Waals surface area contributed by atoms with Crippen molar-refractivity contribution in [2.45, 2.75) is 19.1 Å². The smallest absolute Gasteiger partial charge is 0.196 e. The lowest BCUT2D eigenvalue weighted by Gasteiger charge is -2.21. The maximum atomic E-state index is 10.5. The van der Waals surface area contributed by atoms with E-state index in [0.29, 0.717) is 17.0 Å². The molecule has 0 unspecified atom stereocenters. The van der Waals surface area contributed by atoms with Crippen molar-refractivity contribution < 1.29 is 14.6 Å². The molecule has 6 nitrogen and oxygen atoms in total. The maximum Gasteiger partial charge on any atom is 0.196 e. The molecular weight excluding hydrogens is 318 g/mol. The number of rotatable bonds is 4. The molecule has 0 radical (unpaired) electrons. The molecule has 0 aliphatic heterocycles. The Morgan fingerprint density at radius 3 is 2.60 bits per heavy atom. The van der Waals surface area contributed by atoms with E-state index in [9.17, 15) is 10.2 Å². The second-order valence-corrected chi connectivity index (χ2v) is 5.97. The summed E-state index contributed by atoms with van der Waals surface area (Å²) in [7, 11) is 0. The number of aliphatic hydroxyl groups excluding tert-OH is 1. The minimum Gasteiger partial charge on any atom is -0.508 e. The topological polar surface area (TPSA) is 91.4 Å². The average Bonchev–Trinajstić information content (AvgIpc) is 3.01. The van der Waals surface area contributed by atoms with Gasteiger partial charge in [-0.1, -0.05) is 24.3 Å². The molecule has 2 aromatic heterocycles. The average molecular weight is 335 g/mol. The molecule has 0 amide bonds. The third kappa shape index (κ3) is 2.77. The van der Waals surface area contributed by atoms with Gasteiger partial charge in [0.1, 0.15) is 23.2 Å². The first-order valence-corrected chi connectivity index (χ1v) is 7.99. The summed E-state index contributed by atoms with van der Waals surface area (Å²) in [6.07, 6.45) is 0.710. The van der Waals surface area contributed by atoms with Gasteiger partial charge in [-0.25, -0.2) is 9.97 Å². The summed E-state index contributed by atoms with van der Waals surface area (Å²) in [6, 6.07) is 13.8. The number of nitrogens with zero attached hydrogens (tertiary/aromatic N) is 2. The van der Waals surface area contributed by atoms with Gasteiger partial charge in [0.15, 0.2) is 11.4 Å². The molecule has 6 heteroatoms. The normalized spacial score (nSPS) is 13.8. The number of nitrogens with one attached hydrogen (secondary N) is 1. The van der Waals surface area contributed by atoms with Crippen molar-refractivity contribution in [1.82, 2.24) is 9.97 Å². The zero-order valence-corrected chi connectivity index (χ0v) is 13.5. The van der Waals surface area contributed by atoms with Crippen LogP contribution in [0.4, 0.5) is 5.82 Å². The van der Waals surface area contributed by atoms with Gasteiger partial charge in [0.25, 0.3) is 0 Å². The quantitative estimate of drug-likeness (QED) is 0.528. The fourth-order valence-electron chi connectivity index (χ4n) is 2.88. The number of hydrogen-bond acceptors (Lipinski definition) is 6. The van der Waals surface area contributed by atoms with Crippen LogP contribution in [0.5, 0.6) is 5.75 Å². The van der Waals surface area contributed by atoms with E-state index in [2.05, 4.69) is 15.3 Å². The van der Waals surface area contributed by atoms with Crippen molar-refractivity contribution in [2.24, 2.45) is 0 Å². The standard InChI is InChI=1S/C19H17N3O3/c1-11(17(24)12-6-8-13(23)9-7-12)22-19-18-16(20-10-21-19)14-4-2-3-5-15(14)25-18/h2-11,17,23-24H,1H3,(H,20,21,22)/t11-,17+/m1/s1. The summed E-state index contributed by atoms with van der Waals surface area (Å²) >= 11 is 0. The van der Waals surface area contributed by atoms with Gasteiger partial charge in [-0.2, -0.15) is 0 Å². The third-order valence-corrected chi connectivity index (χ3v) is 4.23. The highest BCUT2D eigenvalue weighted by atomic mass is 16.3. The third-order valence-electron chi connectivity index (χ3n) is 4.23. The van der Waals surface area contributed by atoms with Gasteiger partial charge in [0.2, 0.25) is 0 Å². The summed E-state index contributed by atoms with van der Waals surface area (Å²) in [4.78, 5) is 8.58. The Kier molecular flexibility index (Phi) is 3.74. The predicted octanol–water partition coefficient (Wildman–Crippen LogP) is 3.62. The summed E-state index contributed by atoms with van der Waals surface area (Å²) in [5, 5.41) is 24.0. The molecule has 2 atom stereocenters. The van der Waals surface area contributed by atoms with Crippen molar-refractivity contribution in [3.63, 3.8) is 0 Å². The molecule has 25 heavy (non-hydrogen) atoms. The fourth-order valence-corrected chi connectivity index (χ4v) is 2.88. The van der Waals surface area contributed by atoms with Crippen molar-refractivity contribution in [3.05, 3.63) is 60.4 Å². The molecule has 0 saturated carbocycles. The maximum absolute atomic E-state index is 10.5. The first-order chi connectivity index (χ1) is 12.1. The number of fused-ring (bicyclic) bond motifs is 3. The number of benzene rings is 2. The van der Waals surface area contributed by atoms with Crippen molar-refractivity contribution in [3.8, 4) is 5.75 Å². The van der Waals surface area contributed by atoms with Gasteiger partial charge in [-0.05, 0) is 36.8 Å². The lowest BCUT2D eigenvalue weighted by atomic mass is 10.0. The zero-order valence-electron chi connectivity index (χ0n) is 13.5. The van der Waals surface area contributed by atoms with Crippen LogP contribution in [0.25, 0.3) is 22.1 Å². The molecule has 4 aromatic rings. The minimum absolute atomic E-state index is 0.163. The second kappa shape index (κ2) is 6.07. The highest BCUT2D eigenvalue weighted by molar-refractivity contribution is 6.05. The summed E-state index contributed by atoms with van der Waals surface area (Å²) in [5.41, 5.74) is 2.74. The molecule has 0 spiro atoms. The Morgan fingerprint density at radius 2 is 1.80 bits per heavy atom. The van der Waals surface area contributed by atoms with Gasteiger partial charge in [0.05, 0.1) is 12.1 Å². The minimum atomic E-state index is -0.769. The molecule has 126 valence electrons. The van der Waals surface area contributed by atoms with Crippen LogP contribution in [0.2, 0.25) is 0 Å². The van der Waals surface area contributed by atoms with E-state index >= 15 is 0 Å². The molecule has 4 rings (SSSR count). The SMILES string of the molecule is C[C@@H](Nc1ncnc2c1oc1ccccc12)[C@H](O)c1ccc(O)cc1. The lowest BCUT2D eigenvalue weighted by Crippen LogP contribution is -2.24. The van der Waals surface area contributed by atoms with Crippen LogP contribution in [0.15, 0.2) is 59.3 Å². The monoisotopic (exact) mass is 335 g/mol. The highest BCUT2D eigenvalue weighted by Gasteiger charge is 2.20. The van der Waals surface area contributed by atoms with Crippen LogP contribution < -0.4 is 5.32 Å². The molecule has 2 heterocycles. The molecule has 0 bridgehead atoms. The van der Waals surface area contributed by atoms with Crippen LogP contribution in [-0.2, 0) is 0 Å². The lowest BCUT2D eigenvalue weighted by molar-refractivity contribution is 0.160. The number of aliphatic hydroxyl groups is 1. The molecule has 3 N–H and O–H groups in total. The number of phenols is 1. The Morgan fingerprint density at radius 1 is 1.04 bits per heavy atom. The largest absolute Gasteiger partial charge is 0.508 e. The van der Waals surface area contributed by atoms with E-state index in [0.717, 1.165) is 16.5 Å². The molecular formula is C19H17N3O3. The number of phenolic OH excluding ortho intramolecular Hbond substituents is 1. The van der Waals surface area contributed by atoms with Crippen LogP contribution >= 0.6 is 0 Å². The van der Waals surface area contributed by atoms with E-state index in [-0.39, 0.29) is 11.8 Å². The van der Waals surface area contributed by atoms with Crippen molar-refractivity contribution in [2.75, 3.05) is 5.32 Å². The Bertz CT molecular complexity index is 1030. The molecule has 0 aliphatic carbocycles. The van der Waals surface area contributed by atoms with Gasteiger partial charge < -0.3 is 19.9 Å². The molecule has 0 saturated heterocycles. The van der Waals surface area contributed by atoms with Crippen LogP contribution in [0.3, 0.4) is 0 Å². The van der Waals surface area contributed by atoms with Gasteiger partial charge in [-0.15, -0.1) is 0 Å². The second-order valence-electron chi connectivity index (χ2n) is 5.97. The number of furan rings is 1. The Hall–Kier alpha value is -3.12. The van der Waals surface area contributed by atoms with E-state index in [1.165, 1.54) is 6.33 Å². The molecule has 0 aliphatic rings. The Balaban J connectivity index is 1.67. The molecule has 2 aromatic carbocycles. The first-order valence-electron chi connectivity index (χ1n) is 7.99. The summed E-state index contributed by atoms with van der Waals surface area (Å²) in [5.74, 6) is 0.697. The van der Waals surface area contributed by atoms with Gasteiger partial charge >= 0.3 is 0 Å². The van der Waals surface area contributed by atoms with E-state index in [1.54, 1.807) is 24.3 Å². The first kappa shape index (κ1) is 15.4. The van der Waals surface area contributed by atoms with Gasteiger partial charge in [0, 0.05) is 5.39 Å². The van der Waals surface area contributed by atoms with E-state index in [1.807, 2.05) is 31.2 Å². The van der Waals surface area contributed by atoms with Gasteiger partial charge in [-0.3, -0.25) is 0 Å². The number of aromatic hydroxyl groups is 1. The van der Waals surface area contributed by atoms with Crippen LogP contribution in [0.1, 0.15) is 18.6 Å². The van der Waals surface area contributed by atoms with Crippen molar-refractivity contribution >= 4 is 27.9 Å². The van der Waals surface area contributed by atoms with E-state index in [4.69, 9.17) is 4.42 Å². The van der Waals surface area contributed by atoms with Crippen LogP contribution in [-0.4, -0.2) is 26.2 Å². The zero-order chi connectivity index (χ0) is 17.4. The number of aromatic nitrogens is 2. The highest BCUT2D eigenvalue weighted by Crippen LogP contribution is 2.31.